The molecule has 0 saturated carbocycles. The van der Waals surface area contributed by atoms with E-state index in [1.165, 1.54) is 5.56 Å². The summed E-state index contributed by atoms with van der Waals surface area (Å²) in [4.78, 5) is 31.9. The number of carbonyl (C=O) groups excluding carboxylic acids is 2. The fourth-order valence-electron chi connectivity index (χ4n) is 4.71. The molecule has 0 spiro atoms. The Balaban J connectivity index is 1.26. The van der Waals surface area contributed by atoms with E-state index >= 15 is 0 Å². The predicted molar refractivity (Wildman–Crippen MR) is 125 cm³/mol. The molecule has 2 aliphatic heterocycles. The molecule has 2 aromatic carbocycles. The van der Waals surface area contributed by atoms with Crippen LogP contribution >= 0.6 is 0 Å². The maximum atomic E-state index is 13.0. The Hall–Kier alpha value is -2.70. The summed E-state index contributed by atoms with van der Waals surface area (Å²) < 4.78 is 0. The first kappa shape index (κ1) is 21.5. The van der Waals surface area contributed by atoms with E-state index in [1.807, 2.05) is 55.1 Å². The van der Waals surface area contributed by atoms with Crippen LogP contribution in [0.1, 0.15) is 23.6 Å². The van der Waals surface area contributed by atoms with Crippen molar-refractivity contribution < 1.29 is 9.59 Å². The molecule has 1 N–H and O–H groups in total. The lowest BCUT2D eigenvalue weighted by Gasteiger charge is -2.35. The molecule has 0 aromatic heterocycles. The minimum Gasteiger partial charge on any atom is -0.324 e. The Labute approximate surface area is 184 Å². The summed E-state index contributed by atoms with van der Waals surface area (Å²) in [6, 6.07) is 14.4. The van der Waals surface area contributed by atoms with Crippen LogP contribution in [0.15, 0.2) is 42.5 Å². The Morgan fingerprint density at radius 3 is 2.19 bits per heavy atom. The smallest absolute Gasteiger partial charge is 0.241 e. The van der Waals surface area contributed by atoms with Crippen molar-refractivity contribution in [1.29, 1.82) is 0 Å². The van der Waals surface area contributed by atoms with E-state index in [0.717, 1.165) is 55.1 Å². The van der Waals surface area contributed by atoms with Crippen LogP contribution < -0.4 is 10.2 Å². The number of carbonyl (C=O) groups is 2. The van der Waals surface area contributed by atoms with Gasteiger partial charge in [0.15, 0.2) is 0 Å². The quantitative estimate of drug-likeness (QED) is 0.808. The van der Waals surface area contributed by atoms with Gasteiger partial charge in [-0.2, -0.15) is 0 Å². The Morgan fingerprint density at radius 2 is 1.52 bits per heavy atom. The molecule has 1 saturated heterocycles. The molecule has 164 valence electrons. The zero-order valence-electron chi connectivity index (χ0n) is 18.7. The topological polar surface area (TPSA) is 55.9 Å². The summed E-state index contributed by atoms with van der Waals surface area (Å²) in [6.45, 7) is 10.1. The van der Waals surface area contributed by atoms with Crippen molar-refractivity contribution in [3.63, 3.8) is 0 Å². The van der Waals surface area contributed by atoms with Crippen LogP contribution in [0, 0.1) is 13.8 Å². The minimum atomic E-state index is 0.0180. The highest BCUT2D eigenvalue weighted by atomic mass is 16.2. The van der Waals surface area contributed by atoms with E-state index in [1.54, 1.807) is 0 Å². The molecule has 31 heavy (non-hydrogen) atoms. The second-order valence-corrected chi connectivity index (χ2v) is 8.81. The number of aryl methyl sites for hydroxylation is 2. The molecule has 2 aliphatic rings. The van der Waals surface area contributed by atoms with Crippen LogP contribution in [0.25, 0.3) is 0 Å². The van der Waals surface area contributed by atoms with Crippen molar-refractivity contribution in [2.24, 2.45) is 0 Å². The Bertz CT molecular complexity index is 945. The number of para-hydroxylation sites is 2. The summed E-state index contributed by atoms with van der Waals surface area (Å²) in [7, 11) is 0. The normalized spacial score (nSPS) is 19.3. The van der Waals surface area contributed by atoms with Crippen LogP contribution in [0.2, 0.25) is 0 Å². The monoisotopic (exact) mass is 420 g/mol. The zero-order chi connectivity index (χ0) is 22.0. The van der Waals surface area contributed by atoms with E-state index in [0.29, 0.717) is 13.1 Å². The fourth-order valence-corrected chi connectivity index (χ4v) is 4.71. The van der Waals surface area contributed by atoms with Crippen molar-refractivity contribution in [2.75, 3.05) is 49.5 Å². The van der Waals surface area contributed by atoms with Gasteiger partial charge in [-0.1, -0.05) is 36.4 Å². The maximum Gasteiger partial charge on any atom is 0.241 e. The predicted octanol–water partition coefficient (Wildman–Crippen LogP) is 2.84. The third-order valence-corrected chi connectivity index (χ3v) is 6.41. The van der Waals surface area contributed by atoms with Gasteiger partial charge in [0.1, 0.15) is 0 Å². The lowest BCUT2D eigenvalue weighted by Crippen LogP contribution is -2.52. The number of piperazine rings is 1. The van der Waals surface area contributed by atoms with Gasteiger partial charge < -0.3 is 10.2 Å². The molecule has 0 radical (unpaired) electrons. The molecule has 4 rings (SSSR count). The second kappa shape index (κ2) is 9.20. The van der Waals surface area contributed by atoms with Crippen molar-refractivity contribution in [1.82, 2.24) is 9.80 Å². The SMILES string of the molecule is Cc1cccc(C)c1NC(=O)CN1CCN(CC(=O)N2c3ccccc3CC2C)CC1. The second-order valence-electron chi connectivity index (χ2n) is 8.81. The lowest BCUT2D eigenvalue weighted by molar-refractivity contribution is -0.121. The highest BCUT2D eigenvalue weighted by Crippen LogP contribution is 2.31. The van der Waals surface area contributed by atoms with Gasteiger partial charge in [-0.3, -0.25) is 19.4 Å². The number of nitrogens with one attached hydrogen (secondary N) is 1. The van der Waals surface area contributed by atoms with Gasteiger partial charge in [0.05, 0.1) is 13.1 Å². The van der Waals surface area contributed by atoms with Gasteiger partial charge in [0.25, 0.3) is 0 Å². The van der Waals surface area contributed by atoms with Gasteiger partial charge in [-0.15, -0.1) is 0 Å². The lowest BCUT2D eigenvalue weighted by atomic mass is 10.1. The van der Waals surface area contributed by atoms with Crippen LogP contribution in [0.4, 0.5) is 11.4 Å². The van der Waals surface area contributed by atoms with Crippen LogP contribution in [-0.2, 0) is 16.0 Å². The van der Waals surface area contributed by atoms with E-state index in [9.17, 15) is 9.59 Å². The average Bonchev–Trinajstić information content (AvgIpc) is 3.08. The molecule has 0 aliphatic carbocycles. The van der Waals surface area contributed by atoms with Crippen molar-refractivity contribution in [3.8, 4) is 0 Å². The van der Waals surface area contributed by atoms with Crippen LogP contribution in [0.5, 0.6) is 0 Å². The van der Waals surface area contributed by atoms with Gasteiger partial charge >= 0.3 is 0 Å². The number of anilines is 2. The summed E-state index contributed by atoms with van der Waals surface area (Å²) in [6.07, 6.45) is 0.922. The molecule has 2 amide bonds. The molecular formula is C25H32N4O2. The maximum absolute atomic E-state index is 13.0. The molecule has 2 heterocycles. The van der Waals surface area contributed by atoms with Gasteiger partial charge in [-0.05, 0) is 49.9 Å². The summed E-state index contributed by atoms with van der Waals surface area (Å²) in [5.41, 5.74) is 5.38. The number of fused-ring (bicyclic) bond motifs is 1. The Kier molecular flexibility index (Phi) is 6.39. The fraction of sp³-hybridized carbons (Fsp3) is 0.440. The summed E-state index contributed by atoms with van der Waals surface area (Å²) in [5, 5.41) is 3.07. The Morgan fingerprint density at radius 1 is 0.903 bits per heavy atom. The minimum absolute atomic E-state index is 0.0180. The number of hydrogen-bond donors (Lipinski definition) is 1. The number of nitrogens with zero attached hydrogens (tertiary/aromatic N) is 3. The van der Waals surface area contributed by atoms with Crippen molar-refractivity contribution in [3.05, 3.63) is 59.2 Å². The van der Waals surface area contributed by atoms with Gasteiger partial charge in [0.2, 0.25) is 11.8 Å². The molecule has 1 fully saturated rings. The standard InChI is InChI=1S/C25H32N4O2/c1-18-7-6-8-19(2)25(18)26-23(30)16-27-11-13-28(14-12-27)17-24(31)29-20(3)15-21-9-4-5-10-22(21)29/h4-10,20H,11-17H2,1-3H3,(H,26,30). The molecular weight excluding hydrogens is 388 g/mol. The van der Waals surface area contributed by atoms with Crippen molar-refractivity contribution in [2.45, 2.75) is 33.2 Å². The zero-order valence-corrected chi connectivity index (χ0v) is 18.7. The van der Waals surface area contributed by atoms with Gasteiger partial charge in [-0.25, -0.2) is 0 Å². The summed E-state index contributed by atoms with van der Waals surface area (Å²) in [5.74, 6) is 0.183. The first-order valence-electron chi connectivity index (χ1n) is 11.1. The van der Waals surface area contributed by atoms with Crippen molar-refractivity contribution >= 4 is 23.2 Å². The van der Waals surface area contributed by atoms with E-state index in [2.05, 4.69) is 28.1 Å². The molecule has 1 atom stereocenters. The third-order valence-electron chi connectivity index (χ3n) is 6.41. The highest BCUT2D eigenvalue weighted by molar-refractivity contribution is 5.97. The molecule has 0 bridgehead atoms. The number of benzene rings is 2. The number of hydrogen-bond acceptors (Lipinski definition) is 4. The first-order valence-corrected chi connectivity index (χ1v) is 11.1. The average molecular weight is 421 g/mol. The largest absolute Gasteiger partial charge is 0.324 e. The van der Waals surface area contributed by atoms with E-state index < -0.39 is 0 Å². The third kappa shape index (κ3) is 4.81. The van der Waals surface area contributed by atoms with E-state index in [-0.39, 0.29) is 17.9 Å². The molecule has 6 nitrogen and oxygen atoms in total. The summed E-state index contributed by atoms with van der Waals surface area (Å²) >= 11 is 0. The number of rotatable bonds is 5. The van der Waals surface area contributed by atoms with E-state index in [4.69, 9.17) is 0 Å². The number of amides is 2. The molecule has 1 unspecified atom stereocenters. The highest BCUT2D eigenvalue weighted by Gasteiger charge is 2.32. The van der Waals surface area contributed by atoms with Crippen LogP contribution in [0.3, 0.4) is 0 Å². The molecule has 2 aromatic rings. The van der Waals surface area contributed by atoms with Gasteiger partial charge in [0, 0.05) is 43.6 Å². The van der Waals surface area contributed by atoms with Crippen LogP contribution in [-0.4, -0.2) is 66.9 Å². The molecule has 6 heteroatoms. The first-order chi connectivity index (χ1) is 14.9.